The summed E-state index contributed by atoms with van der Waals surface area (Å²) >= 11 is 0. The van der Waals surface area contributed by atoms with E-state index in [1.165, 1.54) is 111 Å². The van der Waals surface area contributed by atoms with Gasteiger partial charge >= 0.3 is 0 Å². The van der Waals surface area contributed by atoms with Gasteiger partial charge in [0, 0.05) is 61.2 Å². The highest BCUT2D eigenvalue weighted by Gasteiger charge is 2.48. The van der Waals surface area contributed by atoms with Crippen molar-refractivity contribution in [1.29, 1.82) is 0 Å². The molecule has 0 fully saturated rings. The summed E-state index contributed by atoms with van der Waals surface area (Å²) in [5, 5.41) is 4.89. The van der Waals surface area contributed by atoms with Crippen LogP contribution in [0.4, 0.5) is 34.1 Å². The average molecular weight is 1060 g/mol. The van der Waals surface area contributed by atoms with Gasteiger partial charge in [-0.2, -0.15) is 0 Å². The van der Waals surface area contributed by atoms with E-state index < -0.39 is 0 Å². The molecule has 0 bridgehead atoms. The number of hydrogen-bond donors (Lipinski definition) is 0. The van der Waals surface area contributed by atoms with E-state index in [9.17, 15) is 0 Å². The van der Waals surface area contributed by atoms with Crippen LogP contribution in [0.15, 0.2) is 156 Å². The zero-order chi connectivity index (χ0) is 56.6. The van der Waals surface area contributed by atoms with Crippen LogP contribution in [0.25, 0.3) is 60.6 Å². The summed E-state index contributed by atoms with van der Waals surface area (Å²) in [6, 6.07) is 52.4. The van der Waals surface area contributed by atoms with Crippen LogP contribution >= 0.6 is 0 Å². The number of hydrogen-bond acceptors (Lipinski definition) is 3. The Morgan fingerprint density at radius 2 is 1.11 bits per heavy atom. The minimum Gasteiger partial charge on any atom is -0.455 e. The number of fused-ring (bicyclic) bond motifs is 11. The van der Waals surface area contributed by atoms with Gasteiger partial charge in [0.2, 0.25) is 0 Å². The first kappa shape index (κ1) is 51.6. The van der Waals surface area contributed by atoms with E-state index in [4.69, 9.17) is 4.42 Å². The topological polar surface area (TPSA) is 24.6 Å². The molecule has 0 amide bonds. The standard InChI is InChI=1S/C76H78BN3O/c1-45-36-49(73(6,7)8)37-46(2)70(45)80-64-43-59-58(75(12,13)34-35-76(59,14)15)42-61(64)77-60-41-57-56-38-48(72(3,4)5)30-33-62(56)78(51-22-17-16-18-23-51)63(57)44-65(60)79(66-39-50(74(9,10)11)40-67(80)69(66)77)52-31-28-47(29-32-52)53-25-21-26-55-54-24-19-20-27-68(54)81-71(53)55/h17,19-33,36-44H,16,18,34-35H2,1-15H3. The van der Waals surface area contributed by atoms with Crippen molar-refractivity contribution in [2.24, 2.45) is 0 Å². The molecule has 10 aromatic rings. The Kier molecular flexibility index (Phi) is 11.2. The molecular formula is C76H78BN3O. The van der Waals surface area contributed by atoms with Gasteiger partial charge in [-0.3, -0.25) is 0 Å². The van der Waals surface area contributed by atoms with Crippen molar-refractivity contribution in [3.8, 4) is 11.1 Å². The highest BCUT2D eigenvalue weighted by Crippen LogP contribution is 2.53. The number of aryl methyl sites for hydroxylation is 2. The monoisotopic (exact) mass is 1060 g/mol. The Hall–Kier alpha value is -7.50. The molecule has 2 aromatic heterocycles. The molecular weight excluding hydrogens is 982 g/mol. The van der Waals surface area contributed by atoms with Crippen molar-refractivity contribution in [3.05, 3.63) is 191 Å². The lowest BCUT2D eigenvalue weighted by molar-refractivity contribution is 0.332. The van der Waals surface area contributed by atoms with Crippen molar-refractivity contribution in [3.63, 3.8) is 0 Å². The van der Waals surface area contributed by atoms with Gasteiger partial charge < -0.3 is 18.8 Å². The molecule has 0 unspecified atom stereocenters. The molecule has 0 saturated heterocycles. The molecule has 0 atom stereocenters. The number of anilines is 6. The number of aromatic nitrogens is 1. The van der Waals surface area contributed by atoms with Gasteiger partial charge in [0.15, 0.2) is 0 Å². The molecule has 8 aromatic carbocycles. The Morgan fingerprint density at radius 3 is 1.78 bits per heavy atom. The molecule has 4 nitrogen and oxygen atoms in total. The molecule has 5 heteroatoms. The number of benzene rings is 8. The van der Waals surface area contributed by atoms with E-state index in [2.05, 4.69) is 270 Å². The largest absolute Gasteiger partial charge is 0.455 e. The first-order valence-corrected chi connectivity index (χ1v) is 30.0. The summed E-state index contributed by atoms with van der Waals surface area (Å²) in [6.07, 6.45) is 11.5. The fourth-order valence-electron chi connectivity index (χ4n) is 14.5. The maximum absolute atomic E-state index is 6.67. The zero-order valence-corrected chi connectivity index (χ0v) is 50.6. The van der Waals surface area contributed by atoms with Gasteiger partial charge in [0.1, 0.15) is 11.2 Å². The van der Waals surface area contributed by atoms with Gasteiger partial charge in [0.05, 0.1) is 16.7 Å². The molecule has 0 spiro atoms. The second-order valence-electron chi connectivity index (χ2n) is 28.9. The normalized spacial score (nSPS) is 16.5. The number of nitrogens with zero attached hydrogens (tertiary/aromatic N) is 3. The van der Waals surface area contributed by atoms with E-state index in [0.29, 0.717) is 0 Å². The number of furan rings is 1. The third-order valence-corrected chi connectivity index (χ3v) is 19.3. The summed E-state index contributed by atoms with van der Waals surface area (Å²) in [7, 11) is 0. The molecule has 14 rings (SSSR count). The minimum atomic E-state index is -0.170. The Labute approximate surface area is 481 Å². The second kappa shape index (κ2) is 17.5. The zero-order valence-electron chi connectivity index (χ0n) is 50.6. The maximum Gasteiger partial charge on any atom is 0.252 e. The SMILES string of the molecule is Cc1cc(C(C)(C)C)cc(C)c1N1c2cc3c(cc2B2c4cc5c6cc(C(C)(C)C)ccc6n(C6=CCCC=C6)c5cc4N(c4ccc(-c5cccc6c5oc5ccccc56)cc4)c4cc(C(C)(C)C)cc1c42)C(C)(C)CCC3(C)C. The molecule has 4 aliphatic rings. The van der Waals surface area contributed by atoms with E-state index in [1.807, 2.05) is 0 Å². The number of rotatable bonds is 4. The lowest BCUT2D eigenvalue weighted by atomic mass is 9.33. The summed E-state index contributed by atoms with van der Waals surface area (Å²) in [5.74, 6) is 0. The van der Waals surface area contributed by atoms with Crippen LogP contribution in [0.1, 0.15) is 155 Å². The predicted octanol–water partition coefficient (Wildman–Crippen LogP) is 19.5. The molecule has 0 N–H and O–H groups in total. The van der Waals surface area contributed by atoms with Crippen LogP contribution in [0, 0.1) is 13.8 Å². The molecule has 81 heavy (non-hydrogen) atoms. The van der Waals surface area contributed by atoms with Crippen molar-refractivity contribution in [2.45, 2.75) is 157 Å². The van der Waals surface area contributed by atoms with Crippen LogP contribution in [0.3, 0.4) is 0 Å². The van der Waals surface area contributed by atoms with Crippen LogP contribution in [-0.2, 0) is 27.1 Å². The van der Waals surface area contributed by atoms with Gasteiger partial charge in [-0.15, -0.1) is 0 Å². The van der Waals surface area contributed by atoms with Crippen molar-refractivity contribution >= 4 is 107 Å². The van der Waals surface area contributed by atoms with Crippen molar-refractivity contribution in [2.75, 3.05) is 9.80 Å². The third-order valence-electron chi connectivity index (χ3n) is 19.3. The van der Waals surface area contributed by atoms with Crippen molar-refractivity contribution < 1.29 is 4.42 Å². The molecule has 2 aliphatic heterocycles. The van der Waals surface area contributed by atoms with Crippen LogP contribution in [-0.4, -0.2) is 11.3 Å². The van der Waals surface area contributed by atoms with E-state index in [-0.39, 0.29) is 33.8 Å². The van der Waals surface area contributed by atoms with Gasteiger partial charge in [-0.25, -0.2) is 0 Å². The molecule has 0 radical (unpaired) electrons. The lowest BCUT2D eigenvalue weighted by Gasteiger charge is -2.48. The molecule has 0 saturated carbocycles. The van der Waals surface area contributed by atoms with Gasteiger partial charge in [-0.05, 0) is 188 Å². The fourth-order valence-corrected chi connectivity index (χ4v) is 14.5. The van der Waals surface area contributed by atoms with Crippen molar-refractivity contribution in [1.82, 2.24) is 4.57 Å². The first-order chi connectivity index (χ1) is 38.4. The smallest absolute Gasteiger partial charge is 0.252 e. The lowest BCUT2D eigenvalue weighted by Crippen LogP contribution is -2.62. The number of para-hydroxylation sites is 2. The Morgan fingerprint density at radius 1 is 0.506 bits per heavy atom. The van der Waals surface area contributed by atoms with Crippen LogP contribution in [0.2, 0.25) is 0 Å². The van der Waals surface area contributed by atoms with E-state index >= 15 is 0 Å². The molecule has 4 heterocycles. The van der Waals surface area contributed by atoms with Crippen LogP contribution < -0.4 is 26.2 Å². The Bertz CT molecular complexity index is 4350. The Balaban J connectivity index is 1.12. The van der Waals surface area contributed by atoms with Crippen LogP contribution in [0.5, 0.6) is 0 Å². The highest BCUT2D eigenvalue weighted by molar-refractivity contribution is 7.00. The predicted molar refractivity (Wildman–Crippen MR) is 350 cm³/mol. The highest BCUT2D eigenvalue weighted by atomic mass is 16.3. The van der Waals surface area contributed by atoms with E-state index in [1.54, 1.807) is 0 Å². The second-order valence-corrected chi connectivity index (χ2v) is 28.9. The molecule has 2 aliphatic carbocycles. The summed E-state index contributed by atoms with van der Waals surface area (Å²) in [5.41, 5.74) is 28.8. The maximum atomic E-state index is 6.67. The third kappa shape index (κ3) is 7.91. The van der Waals surface area contributed by atoms with Gasteiger partial charge in [-0.1, -0.05) is 181 Å². The summed E-state index contributed by atoms with van der Waals surface area (Å²) < 4.78 is 9.23. The quantitative estimate of drug-likeness (QED) is 0.164. The van der Waals surface area contributed by atoms with E-state index in [0.717, 1.165) is 64.4 Å². The fraction of sp³-hybridized carbons (Fsp3) is 0.316. The van der Waals surface area contributed by atoms with Gasteiger partial charge in [0.25, 0.3) is 6.71 Å². The molecule has 406 valence electrons. The first-order valence-electron chi connectivity index (χ1n) is 30.0. The number of allylic oxidation sites excluding steroid dienone is 4. The minimum absolute atomic E-state index is 0.00317. The summed E-state index contributed by atoms with van der Waals surface area (Å²) in [6.45, 7) is 35.9. The average Bonchev–Trinajstić information content (AvgIpc) is 4.21. The summed E-state index contributed by atoms with van der Waals surface area (Å²) in [4.78, 5) is 5.38.